The van der Waals surface area contributed by atoms with Crippen LogP contribution in [-0.4, -0.2) is 16.2 Å². The first kappa shape index (κ1) is 14.2. The molecule has 0 amide bonds. The van der Waals surface area contributed by atoms with Crippen LogP contribution in [0.3, 0.4) is 0 Å². The lowest BCUT2D eigenvalue weighted by molar-refractivity contribution is 0.145. The number of aromatic nitrogens is 1. The second-order valence-corrected chi connectivity index (χ2v) is 5.97. The third-order valence-electron chi connectivity index (χ3n) is 2.97. The molecule has 0 radical (unpaired) electrons. The number of aliphatic hydroxyl groups excluding tert-OH is 1. The van der Waals surface area contributed by atoms with Crippen LogP contribution < -0.4 is 0 Å². The van der Waals surface area contributed by atoms with Gasteiger partial charge in [-0.25, -0.2) is 0 Å². The topological polar surface area (TPSA) is 33.1 Å². The van der Waals surface area contributed by atoms with Gasteiger partial charge in [-0.15, -0.1) is 0 Å². The van der Waals surface area contributed by atoms with E-state index in [-0.39, 0.29) is 6.10 Å². The molecule has 1 aromatic heterocycles. The van der Waals surface area contributed by atoms with E-state index in [1.54, 1.807) is 0 Å². The van der Waals surface area contributed by atoms with Crippen molar-refractivity contribution in [3.05, 3.63) is 29.6 Å². The van der Waals surface area contributed by atoms with Crippen molar-refractivity contribution in [3.8, 4) is 0 Å². The summed E-state index contributed by atoms with van der Waals surface area (Å²) in [6, 6.07) is 4.12. The molecule has 0 aliphatic carbocycles. The molecule has 2 nitrogen and oxygen atoms in total. The Bertz CT molecular complexity index is 324. The summed E-state index contributed by atoms with van der Waals surface area (Å²) in [5, 5.41) is 9.95. The maximum Gasteiger partial charge on any atom is 0.0595 e. The van der Waals surface area contributed by atoms with E-state index in [1.165, 1.54) is 5.56 Å². The van der Waals surface area contributed by atoms with Gasteiger partial charge in [-0.05, 0) is 36.3 Å². The molecule has 1 N–H and O–H groups in total. The fourth-order valence-electron chi connectivity index (χ4n) is 1.73. The lowest BCUT2D eigenvalue weighted by atomic mass is 9.88. The van der Waals surface area contributed by atoms with E-state index in [9.17, 15) is 5.11 Å². The van der Waals surface area contributed by atoms with E-state index in [1.807, 2.05) is 12.3 Å². The Morgan fingerprint density at radius 2 is 2.00 bits per heavy atom. The Kier molecular flexibility index (Phi) is 5.13. The molecule has 1 heterocycles. The molecule has 0 spiro atoms. The predicted octanol–water partition coefficient (Wildman–Crippen LogP) is 3.37. The van der Waals surface area contributed by atoms with Crippen LogP contribution in [0, 0.1) is 5.41 Å². The smallest absolute Gasteiger partial charge is 0.0595 e. The molecule has 0 bridgehead atoms. The minimum Gasteiger partial charge on any atom is -0.393 e. The fraction of sp³-hybridized carbons (Fsp3) is 0.667. The largest absolute Gasteiger partial charge is 0.393 e. The van der Waals surface area contributed by atoms with Gasteiger partial charge >= 0.3 is 0 Å². The summed E-state index contributed by atoms with van der Waals surface area (Å²) >= 11 is 0. The molecule has 1 atom stereocenters. The van der Waals surface area contributed by atoms with E-state index < -0.39 is 0 Å². The van der Waals surface area contributed by atoms with Crippen molar-refractivity contribution in [3.63, 3.8) is 0 Å². The van der Waals surface area contributed by atoms with Crippen molar-refractivity contribution >= 4 is 0 Å². The summed E-state index contributed by atoms with van der Waals surface area (Å²) in [5.74, 6) is 0. The van der Waals surface area contributed by atoms with Gasteiger partial charge < -0.3 is 5.11 Å². The van der Waals surface area contributed by atoms with E-state index in [4.69, 9.17) is 0 Å². The summed E-state index contributed by atoms with van der Waals surface area (Å²) in [5.41, 5.74) is 2.53. The minimum absolute atomic E-state index is 0.269. The number of aryl methyl sites for hydroxylation is 1. The van der Waals surface area contributed by atoms with E-state index in [2.05, 4.69) is 38.7 Å². The predicted molar refractivity (Wildman–Crippen MR) is 72.0 cm³/mol. The van der Waals surface area contributed by atoms with Crippen LogP contribution in [0.25, 0.3) is 0 Å². The van der Waals surface area contributed by atoms with Gasteiger partial charge in [0.15, 0.2) is 0 Å². The van der Waals surface area contributed by atoms with Gasteiger partial charge in [-0.1, -0.05) is 33.8 Å². The van der Waals surface area contributed by atoms with Crippen LogP contribution in [0.15, 0.2) is 18.3 Å². The Morgan fingerprint density at radius 3 is 2.47 bits per heavy atom. The molecule has 0 fully saturated rings. The van der Waals surface area contributed by atoms with Gasteiger partial charge in [0.1, 0.15) is 0 Å². The van der Waals surface area contributed by atoms with Gasteiger partial charge in [-0.3, -0.25) is 4.98 Å². The molecule has 0 aliphatic rings. The SMILES string of the molecule is CCc1ccc(CC(O)CCC(C)(C)C)nc1. The highest BCUT2D eigenvalue weighted by molar-refractivity contribution is 5.14. The molecule has 1 unspecified atom stereocenters. The van der Waals surface area contributed by atoms with Gasteiger partial charge in [0.2, 0.25) is 0 Å². The van der Waals surface area contributed by atoms with Crippen molar-refractivity contribution < 1.29 is 5.11 Å². The second kappa shape index (κ2) is 6.15. The zero-order valence-electron chi connectivity index (χ0n) is 11.5. The lowest BCUT2D eigenvalue weighted by Crippen LogP contribution is -2.15. The molecule has 0 aliphatic heterocycles. The highest BCUT2D eigenvalue weighted by Gasteiger charge is 2.14. The quantitative estimate of drug-likeness (QED) is 0.848. The Hall–Kier alpha value is -0.890. The van der Waals surface area contributed by atoms with Crippen LogP contribution in [0.2, 0.25) is 0 Å². The maximum atomic E-state index is 9.95. The highest BCUT2D eigenvalue weighted by Crippen LogP contribution is 2.22. The number of rotatable bonds is 5. The Morgan fingerprint density at radius 1 is 1.29 bits per heavy atom. The first-order valence-electron chi connectivity index (χ1n) is 6.52. The van der Waals surface area contributed by atoms with Crippen molar-refractivity contribution in [1.29, 1.82) is 0 Å². The third-order valence-corrected chi connectivity index (χ3v) is 2.97. The van der Waals surface area contributed by atoms with Crippen LogP contribution in [-0.2, 0) is 12.8 Å². The molecule has 1 aromatic rings. The number of hydrogen-bond acceptors (Lipinski definition) is 2. The van der Waals surface area contributed by atoms with E-state index >= 15 is 0 Å². The Labute approximate surface area is 105 Å². The highest BCUT2D eigenvalue weighted by atomic mass is 16.3. The maximum absolute atomic E-state index is 9.95. The van der Waals surface area contributed by atoms with Crippen LogP contribution in [0.5, 0.6) is 0 Å². The van der Waals surface area contributed by atoms with Crippen LogP contribution >= 0.6 is 0 Å². The van der Waals surface area contributed by atoms with Crippen molar-refractivity contribution in [1.82, 2.24) is 4.98 Å². The summed E-state index contributed by atoms with van der Waals surface area (Å²) in [7, 11) is 0. The van der Waals surface area contributed by atoms with Crippen molar-refractivity contribution in [2.75, 3.05) is 0 Å². The number of nitrogens with zero attached hydrogens (tertiary/aromatic N) is 1. The standard InChI is InChI=1S/C15H25NO/c1-5-12-6-7-13(16-11-12)10-14(17)8-9-15(2,3)4/h6-7,11,14,17H,5,8-10H2,1-4H3. The molecular formula is C15H25NO. The number of hydrogen-bond donors (Lipinski definition) is 1. The summed E-state index contributed by atoms with van der Waals surface area (Å²) in [4.78, 5) is 4.37. The van der Waals surface area contributed by atoms with Crippen molar-refractivity contribution in [2.24, 2.45) is 5.41 Å². The zero-order chi connectivity index (χ0) is 12.9. The van der Waals surface area contributed by atoms with Crippen LogP contribution in [0.1, 0.15) is 51.8 Å². The van der Waals surface area contributed by atoms with Crippen LogP contribution in [0.4, 0.5) is 0 Å². The van der Waals surface area contributed by atoms with Crippen molar-refractivity contribution in [2.45, 2.75) is 59.5 Å². The molecular weight excluding hydrogens is 210 g/mol. The first-order valence-corrected chi connectivity index (χ1v) is 6.52. The fourth-order valence-corrected chi connectivity index (χ4v) is 1.73. The first-order chi connectivity index (χ1) is 7.90. The second-order valence-electron chi connectivity index (χ2n) is 5.97. The average Bonchev–Trinajstić information content (AvgIpc) is 2.27. The molecule has 1 rings (SSSR count). The number of pyridine rings is 1. The molecule has 96 valence electrons. The molecule has 17 heavy (non-hydrogen) atoms. The summed E-state index contributed by atoms with van der Waals surface area (Å²) < 4.78 is 0. The Balaban J connectivity index is 2.42. The zero-order valence-corrected chi connectivity index (χ0v) is 11.5. The average molecular weight is 235 g/mol. The molecule has 0 saturated heterocycles. The normalized spacial score (nSPS) is 13.7. The monoisotopic (exact) mass is 235 g/mol. The van der Waals surface area contributed by atoms with Gasteiger partial charge in [-0.2, -0.15) is 0 Å². The lowest BCUT2D eigenvalue weighted by Gasteiger charge is -2.20. The third kappa shape index (κ3) is 5.83. The molecule has 0 aromatic carbocycles. The summed E-state index contributed by atoms with van der Waals surface area (Å²) in [6.07, 6.45) is 5.21. The molecule has 2 heteroatoms. The van der Waals surface area contributed by atoms with Gasteiger partial charge in [0.25, 0.3) is 0 Å². The minimum atomic E-state index is -0.269. The molecule has 0 saturated carbocycles. The van der Waals surface area contributed by atoms with Gasteiger partial charge in [0.05, 0.1) is 6.10 Å². The van der Waals surface area contributed by atoms with Gasteiger partial charge in [0, 0.05) is 18.3 Å². The van der Waals surface area contributed by atoms with E-state index in [0.29, 0.717) is 11.8 Å². The summed E-state index contributed by atoms with van der Waals surface area (Å²) in [6.45, 7) is 8.73. The number of aliphatic hydroxyl groups is 1. The van der Waals surface area contributed by atoms with E-state index in [0.717, 1.165) is 25.0 Å².